The normalized spacial score (nSPS) is 32.3. The van der Waals surface area contributed by atoms with Crippen LogP contribution in [-0.4, -0.2) is 12.1 Å². The average molecular weight is 181 g/mol. The van der Waals surface area contributed by atoms with E-state index in [0.29, 0.717) is 0 Å². The molecule has 1 N–H and O–H groups in total. The topological polar surface area (TPSA) is 12.0 Å². The summed E-state index contributed by atoms with van der Waals surface area (Å²) < 4.78 is 0. The van der Waals surface area contributed by atoms with Crippen molar-refractivity contribution >= 4 is 0 Å². The Morgan fingerprint density at radius 1 is 1.15 bits per heavy atom. The number of piperidine rings is 1. The Morgan fingerprint density at radius 3 is 2.54 bits per heavy atom. The van der Waals surface area contributed by atoms with Gasteiger partial charge in [-0.3, -0.25) is 0 Å². The van der Waals surface area contributed by atoms with Crippen LogP contribution in [0.25, 0.3) is 0 Å². The number of fused-ring (bicyclic) bond motifs is 2. The molecular formula is C12H23N. The van der Waals surface area contributed by atoms with Crippen LogP contribution in [0.5, 0.6) is 0 Å². The largest absolute Gasteiger partial charge is 0.307 e. The molecule has 2 bridgehead atoms. The van der Waals surface area contributed by atoms with Gasteiger partial charge in [0.2, 0.25) is 0 Å². The van der Waals surface area contributed by atoms with E-state index in [-0.39, 0.29) is 0 Å². The molecule has 1 heteroatoms. The summed E-state index contributed by atoms with van der Waals surface area (Å²) in [7, 11) is 0. The molecule has 0 aromatic carbocycles. The standard InChI is InChI=1S/C10H17N.C2H6/c1-7-6-9-4-3-5-10(11-9)8(7)2;1-2/h9-11H,3-6H2,1-2H3;1-2H3. The van der Waals surface area contributed by atoms with E-state index in [9.17, 15) is 0 Å². The van der Waals surface area contributed by atoms with E-state index < -0.39 is 0 Å². The van der Waals surface area contributed by atoms with E-state index >= 15 is 0 Å². The lowest BCUT2D eigenvalue weighted by Crippen LogP contribution is -2.46. The fourth-order valence-corrected chi connectivity index (χ4v) is 2.35. The summed E-state index contributed by atoms with van der Waals surface area (Å²) in [5.41, 5.74) is 3.25. The molecular weight excluding hydrogens is 158 g/mol. The molecule has 2 aliphatic rings. The fraction of sp³-hybridized carbons (Fsp3) is 0.833. The molecule has 2 heterocycles. The van der Waals surface area contributed by atoms with Gasteiger partial charge in [-0.1, -0.05) is 31.4 Å². The lowest BCUT2D eigenvalue weighted by Gasteiger charge is -2.37. The van der Waals surface area contributed by atoms with Crippen LogP contribution in [0.1, 0.15) is 53.4 Å². The summed E-state index contributed by atoms with van der Waals surface area (Å²) >= 11 is 0. The Kier molecular flexibility index (Phi) is 3.98. The maximum Gasteiger partial charge on any atom is 0.0281 e. The van der Waals surface area contributed by atoms with E-state index in [1.54, 1.807) is 11.1 Å². The van der Waals surface area contributed by atoms with Gasteiger partial charge in [0.15, 0.2) is 0 Å². The summed E-state index contributed by atoms with van der Waals surface area (Å²) in [6, 6.07) is 1.53. The molecule has 0 saturated carbocycles. The Bertz CT molecular complexity index is 193. The Hall–Kier alpha value is -0.300. The van der Waals surface area contributed by atoms with Gasteiger partial charge in [-0.25, -0.2) is 0 Å². The zero-order valence-corrected chi connectivity index (χ0v) is 9.48. The van der Waals surface area contributed by atoms with Crippen LogP contribution < -0.4 is 5.32 Å². The SMILES string of the molecule is CC.CC1=C(C)C2CCCC(C1)N2. The second-order valence-electron chi connectivity index (χ2n) is 4.01. The number of nitrogens with one attached hydrogen (secondary N) is 1. The third-order valence-corrected chi connectivity index (χ3v) is 3.23. The van der Waals surface area contributed by atoms with Crippen molar-refractivity contribution in [1.82, 2.24) is 5.32 Å². The Morgan fingerprint density at radius 2 is 1.85 bits per heavy atom. The molecule has 1 fully saturated rings. The second kappa shape index (κ2) is 4.80. The molecule has 1 saturated heterocycles. The van der Waals surface area contributed by atoms with Crippen molar-refractivity contribution < 1.29 is 0 Å². The number of hydrogen-bond donors (Lipinski definition) is 1. The zero-order valence-electron chi connectivity index (χ0n) is 9.48. The highest BCUT2D eigenvalue weighted by molar-refractivity contribution is 5.22. The van der Waals surface area contributed by atoms with Gasteiger partial charge < -0.3 is 5.32 Å². The van der Waals surface area contributed by atoms with E-state index in [0.717, 1.165) is 12.1 Å². The third-order valence-electron chi connectivity index (χ3n) is 3.23. The Balaban J connectivity index is 0.000000396. The first-order chi connectivity index (χ1) is 6.27. The van der Waals surface area contributed by atoms with Crippen LogP contribution in [0.3, 0.4) is 0 Å². The predicted molar refractivity (Wildman–Crippen MR) is 58.9 cm³/mol. The van der Waals surface area contributed by atoms with Crippen LogP contribution in [0.15, 0.2) is 11.1 Å². The molecule has 2 rings (SSSR count). The highest BCUT2D eigenvalue weighted by Gasteiger charge is 2.27. The highest BCUT2D eigenvalue weighted by Crippen LogP contribution is 2.29. The summed E-state index contributed by atoms with van der Waals surface area (Å²) in [6.07, 6.45) is 5.47. The molecule has 0 radical (unpaired) electrons. The van der Waals surface area contributed by atoms with Crippen LogP contribution in [0, 0.1) is 0 Å². The molecule has 0 amide bonds. The summed E-state index contributed by atoms with van der Waals surface area (Å²) in [4.78, 5) is 0. The van der Waals surface area contributed by atoms with E-state index in [1.165, 1.54) is 25.7 Å². The van der Waals surface area contributed by atoms with Gasteiger partial charge in [0.25, 0.3) is 0 Å². The van der Waals surface area contributed by atoms with Gasteiger partial charge in [0.05, 0.1) is 0 Å². The second-order valence-corrected chi connectivity index (χ2v) is 4.01. The minimum absolute atomic E-state index is 0.725. The minimum atomic E-state index is 0.725. The van der Waals surface area contributed by atoms with Crippen molar-refractivity contribution in [2.24, 2.45) is 0 Å². The number of hydrogen-bond acceptors (Lipinski definition) is 1. The molecule has 13 heavy (non-hydrogen) atoms. The van der Waals surface area contributed by atoms with Crippen molar-refractivity contribution in [3.05, 3.63) is 11.1 Å². The van der Waals surface area contributed by atoms with E-state index in [4.69, 9.17) is 0 Å². The monoisotopic (exact) mass is 181 g/mol. The minimum Gasteiger partial charge on any atom is -0.307 e. The van der Waals surface area contributed by atoms with Gasteiger partial charge in [-0.2, -0.15) is 0 Å². The number of rotatable bonds is 0. The molecule has 76 valence electrons. The van der Waals surface area contributed by atoms with Crippen molar-refractivity contribution in [1.29, 1.82) is 0 Å². The molecule has 2 aliphatic heterocycles. The average Bonchev–Trinajstić information content (AvgIpc) is 2.18. The molecule has 1 nitrogen and oxygen atoms in total. The van der Waals surface area contributed by atoms with Crippen molar-refractivity contribution in [2.45, 2.75) is 65.5 Å². The lowest BCUT2D eigenvalue weighted by molar-refractivity contribution is 0.323. The summed E-state index contributed by atoms with van der Waals surface area (Å²) in [6.45, 7) is 8.58. The first-order valence-electron chi connectivity index (χ1n) is 5.69. The quantitative estimate of drug-likeness (QED) is 0.566. The van der Waals surface area contributed by atoms with Gasteiger partial charge in [-0.15, -0.1) is 0 Å². The van der Waals surface area contributed by atoms with Crippen molar-refractivity contribution in [3.8, 4) is 0 Å². The molecule has 2 atom stereocenters. The third kappa shape index (κ3) is 2.34. The molecule has 0 aromatic heterocycles. The van der Waals surface area contributed by atoms with Crippen molar-refractivity contribution in [2.75, 3.05) is 0 Å². The van der Waals surface area contributed by atoms with Gasteiger partial charge >= 0.3 is 0 Å². The van der Waals surface area contributed by atoms with Crippen LogP contribution in [0.2, 0.25) is 0 Å². The summed E-state index contributed by atoms with van der Waals surface area (Å²) in [5.74, 6) is 0. The van der Waals surface area contributed by atoms with Crippen LogP contribution in [0.4, 0.5) is 0 Å². The molecule has 0 aromatic rings. The Labute approximate surface area is 82.6 Å². The van der Waals surface area contributed by atoms with E-state index in [2.05, 4.69) is 19.2 Å². The first-order valence-corrected chi connectivity index (χ1v) is 5.69. The van der Waals surface area contributed by atoms with Gasteiger partial charge in [0, 0.05) is 12.1 Å². The fourth-order valence-electron chi connectivity index (χ4n) is 2.35. The maximum atomic E-state index is 3.68. The lowest BCUT2D eigenvalue weighted by atomic mass is 9.83. The van der Waals surface area contributed by atoms with Gasteiger partial charge in [0.1, 0.15) is 0 Å². The van der Waals surface area contributed by atoms with Crippen LogP contribution >= 0.6 is 0 Å². The highest BCUT2D eigenvalue weighted by atomic mass is 15.0. The first kappa shape index (κ1) is 10.8. The van der Waals surface area contributed by atoms with Gasteiger partial charge in [-0.05, 0) is 33.1 Å². The summed E-state index contributed by atoms with van der Waals surface area (Å²) in [5, 5.41) is 3.68. The smallest absolute Gasteiger partial charge is 0.0281 e. The zero-order chi connectivity index (χ0) is 9.84. The van der Waals surface area contributed by atoms with E-state index in [1.807, 2.05) is 13.8 Å². The maximum absolute atomic E-state index is 3.68. The predicted octanol–water partition coefficient (Wildman–Crippen LogP) is 3.26. The molecule has 0 aliphatic carbocycles. The molecule has 2 unspecified atom stereocenters. The van der Waals surface area contributed by atoms with Crippen LogP contribution in [-0.2, 0) is 0 Å². The van der Waals surface area contributed by atoms with Crippen molar-refractivity contribution in [3.63, 3.8) is 0 Å². The molecule has 0 spiro atoms.